The third-order valence-electron chi connectivity index (χ3n) is 1.57. The molecule has 2 N–H and O–H groups in total. The molecule has 0 saturated carbocycles. The summed E-state index contributed by atoms with van der Waals surface area (Å²) in [4.78, 5) is 0.112. The standard InChI is InChI=1S/C9H8BrF2NOS/c10-5-1-2-7(14-4-8(11)12)6(3-5)9(13)15/h1-3,8H,4H2,(H2,13,15). The molecule has 0 heterocycles. The van der Waals surface area contributed by atoms with Crippen molar-refractivity contribution in [2.45, 2.75) is 6.43 Å². The van der Waals surface area contributed by atoms with Crippen molar-refractivity contribution in [2.75, 3.05) is 6.61 Å². The van der Waals surface area contributed by atoms with Gasteiger partial charge in [0.1, 0.15) is 17.3 Å². The molecule has 0 radical (unpaired) electrons. The van der Waals surface area contributed by atoms with E-state index in [1.807, 2.05) is 0 Å². The Hall–Kier alpha value is -0.750. The molecule has 1 aromatic carbocycles. The van der Waals surface area contributed by atoms with E-state index in [9.17, 15) is 8.78 Å². The molecular weight excluding hydrogens is 288 g/mol. The van der Waals surface area contributed by atoms with Crippen LogP contribution in [-0.4, -0.2) is 18.0 Å². The van der Waals surface area contributed by atoms with Crippen LogP contribution in [0.1, 0.15) is 5.56 Å². The van der Waals surface area contributed by atoms with E-state index in [4.69, 9.17) is 22.7 Å². The highest BCUT2D eigenvalue weighted by atomic mass is 79.9. The summed E-state index contributed by atoms with van der Waals surface area (Å²) in [5.41, 5.74) is 5.88. The fourth-order valence-electron chi connectivity index (χ4n) is 0.973. The maximum Gasteiger partial charge on any atom is 0.272 e. The molecule has 0 aliphatic carbocycles. The summed E-state index contributed by atoms with van der Waals surface area (Å²) in [5, 5.41) is 0. The summed E-state index contributed by atoms with van der Waals surface area (Å²) in [6.45, 7) is -0.669. The average Bonchev–Trinajstić information content (AvgIpc) is 2.15. The van der Waals surface area contributed by atoms with E-state index in [0.717, 1.165) is 4.47 Å². The van der Waals surface area contributed by atoms with Crippen molar-refractivity contribution in [1.29, 1.82) is 0 Å². The topological polar surface area (TPSA) is 35.2 Å². The lowest BCUT2D eigenvalue weighted by molar-refractivity contribution is 0.0818. The van der Waals surface area contributed by atoms with Crippen LogP contribution in [0, 0.1) is 0 Å². The lowest BCUT2D eigenvalue weighted by Crippen LogP contribution is -2.14. The van der Waals surface area contributed by atoms with Gasteiger partial charge in [0.2, 0.25) is 0 Å². The van der Waals surface area contributed by atoms with Gasteiger partial charge in [0.25, 0.3) is 6.43 Å². The van der Waals surface area contributed by atoms with Crippen molar-refractivity contribution in [3.05, 3.63) is 28.2 Å². The first kappa shape index (κ1) is 12.3. The van der Waals surface area contributed by atoms with Crippen LogP contribution in [0.5, 0.6) is 5.75 Å². The summed E-state index contributed by atoms with van der Waals surface area (Å²) >= 11 is 8.00. The molecule has 0 unspecified atom stereocenters. The zero-order valence-electron chi connectivity index (χ0n) is 7.54. The number of ether oxygens (including phenoxy) is 1. The summed E-state index contributed by atoms with van der Waals surface area (Å²) in [5.74, 6) is 0.269. The van der Waals surface area contributed by atoms with Crippen LogP contribution in [0.2, 0.25) is 0 Å². The van der Waals surface area contributed by atoms with Gasteiger partial charge in [-0.2, -0.15) is 0 Å². The van der Waals surface area contributed by atoms with Crippen LogP contribution in [-0.2, 0) is 0 Å². The summed E-state index contributed by atoms with van der Waals surface area (Å²) < 4.78 is 29.5. The molecule has 0 atom stereocenters. The SMILES string of the molecule is NC(=S)c1cc(Br)ccc1OCC(F)F. The first-order valence-corrected chi connectivity index (χ1v) is 5.21. The molecule has 15 heavy (non-hydrogen) atoms. The predicted octanol–water partition coefficient (Wildman–Crippen LogP) is 2.73. The van der Waals surface area contributed by atoms with Gasteiger partial charge < -0.3 is 10.5 Å². The zero-order valence-corrected chi connectivity index (χ0v) is 9.95. The molecule has 0 aliphatic rings. The summed E-state index contributed by atoms with van der Waals surface area (Å²) in [6, 6.07) is 4.84. The molecule has 6 heteroatoms. The van der Waals surface area contributed by atoms with Crippen molar-refractivity contribution >= 4 is 33.1 Å². The number of hydrogen-bond donors (Lipinski definition) is 1. The van der Waals surface area contributed by atoms with Crippen molar-refractivity contribution in [1.82, 2.24) is 0 Å². The van der Waals surface area contributed by atoms with Crippen LogP contribution >= 0.6 is 28.1 Å². The Bertz CT molecular complexity index is 373. The Kier molecular flexibility index (Phi) is 4.41. The average molecular weight is 296 g/mol. The normalized spacial score (nSPS) is 10.4. The van der Waals surface area contributed by atoms with Gasteiger partial charge in [-0.15, -0.1) is 0 Å². The van der Waals surface area contributed by atoms with Crippen molar-refractivity contribution in [3.8, 4) is 5.75 Å². The van der Waals surface area contributed by atoms with E-state index >= 15 is 0 Å². The van der Waals surface area contributed by atoms with Crippen LogP contribution in [0.3, 0.4) is 0 Å². The van der Waals surface area contributed by atoms with Crippen LogP contribution in [0.4, 0.5) is 8.78 Å². The van der Waals surface area contributed by atoms with Gasteiger partial charge in [-0.25, -0.2) is 8.78 Å². The molecule has 1 rings (SSSR count). The van der Waals surface area contributed by atoms with E-state index in [2.05, 4.69) is 15.9 Å². The predicted molar refractivity (Wildman–Crippen MR) is 61.5 cm³/mol. The lowest BCUT2D eigenvalue weighted by Gasteiger charge is -2.10. The Morgan fingerprint density at radius 3 is 2.73 bits per heavy atom. The highest BCUT2D eigenvalue weighted by Gasteiger charge is 2.10. The van der Waals surface area contributed by atoms with Crippen molar-refractivity contribution < 1.29 is 13.5 Å². The second kappa shape index (κ2) is 5.37. The molecule has 2 nitrogen and oxygen atoms in total. The molecular formula is C9H8BrF2NOS. The van der Waals surface area contributed by atoms with E-state index in [1.165, 1.54) is 0 Å². The highest BCUT2D eigenvalue weighted by Crippen LogP contribution is 2.23. The van der Waals surface area contributed by atoms with Crippen LogP contribution in [0.15, 0.2) is 22.7 Å². The fraction of sp³-hybridized carbons (Fsp3) is 0.222. The van der Waals surface area contributed by atoms with Gasteiger partial charge in [0, 0.05) is 4.47 Å². The molecule has 0 aromatic heterocycles. The monoisotopic (exact) mass is 295 g/mol. The minimum atomic E-state index is -2.52. The quantitative estimate of drug-likeness (QED) is 0.868. The molecule has 0 saturated heterocycles. The minimum Gasteiger partial charge on any atom is -0.487 e. The lowest BCUT2D eigenvalue weighted by atomic mass is 10.2. The maximum atomic E-state index is 11.9. The Balaban J connectivity index is 2.91. The third-order valence-corrected chi connectivity index (χ3v) is 2.29. The van der Waals surface area contributed by atoms with E-state index in [0.29, 0.717) is 5.56 Å². The van der Waals surface area contributed by atoms with Gasteiger partial charge in [0.05, 0.1) is 5.56 Å². The maximum absolute atomic E-state index is 11.9. The zero-order chi connectivity index (χ0) is 11.4. The van der Waals surface area contributed by atoms with E-state index in [-0.39, 0.29) is 10.7 Å². The molecule has 0 spiro atoms. The molecule has 82 valence electrons. The Morgan fingerprint density at radius 2 is 2.20 bits per heavy atom. The smallest absolute Gasteiger partial charge is 0.272 e. The first-order valence-electron chi connectivity index (χ1n) is 4.01. The summed E-state index contributed by atoms with van der Waals surface area (Å²) in [6.07, 6.45) is -2.52. The number of rotatable bonds is 4. The second-order valence-corrected chi connectivity index (χ2v) is 4.06. The fourth-order valence-corrected chi connectivity index (χ4v) is 1.49. The number of benzene rings is 1. The first-order chi connectivity index (χ1) is 7.00. The molecule has 0 bridgehead atoms. The van der Waals surface area contributed by atoms with Crippen molar-refractivity contribution in [3.63, 3.8) is 0 Å². The third kappa shape index (κ3) is 3.71. The number of hydrogen-bond acceptors (Lipinski definition) is 2. The van der Waals surface area contributed by atoms with Crippen LogP contribution < -0.4 is 10.5 Å². The molecule has 0 fully saturated rings. The molecule has 0 amide bonds. The largest absolute Gasteiger partial charge is 0.487 e. The number of halogens is 3. The van der Waals surface area contributed by atoms with Gasteiger partial charge in [-0.1, -0.05) is 28.1 Å². The summed E-state index contributed by atoms with van der Waals surface area (Å²) in [7, 11) is 0. The van der Waals surface area contributed by atoms with Crippen molar-refractivity contribution in [2.24, 2.45) is 5.73 Å². The number of nitrogens with two attached hydrogens (primary N) is 1. The Labute approximate surface area is 99.5 Å². The second-order valence-electron chi connectivity index (χ2n) is 2.71. The van der Waals surface area contributed by atoms with E-state index in [1.54, 1.807) is 18.2 Å². The van der Waals surface area contributed by atoms with Crippen LogP contribution in [0.25, 0.3) is 0 Å². The van der Waals surface area contributed by atoms with Gasteiger partial charge in [-0.05, 0) is 18.2 Å². The highest BCUT2D eigenvalue weighted by molar-refractivity contribution is 9.10. The molecule has 1 aromatic rings. The number of thiocarbonyl (C=S) groups is 1. The Morgan fingerprint density at radius 1 is 1.53 bits per heavy atom. The minimum absolute atomic E-state index is 0.112. The van der Waals surface area contributed by atoms with Gasteiger partial charge >= 0.3 is 0 Å². The van der Waals surface area contributed by atoms with E-state index < -0.39 is 13.0 Å². The van der Waals surface area contributed by atoms with Gasteiger partial charge in [-0.3, -0.25) is 0 Å². The van der Waals surface area contributed by atoms with Gasteiger partial charge in [0.15, 0.2) is 0 Å². The number of alkyl halides is 2. The molecule has 0 aliphatic heterocycles.